The number of H-pyrrole nitrogens is 1. The molecule has 0 aromatic carbocycles. The molecule has 1 unspecified atom stereocenters. The third-order valence-corrected chi connectivity index (χ3v) is 4.64. The molecule has 0 amide bonds. The summed E-state index contributed by atoms with van der Waals surface area (Å²) in [6.45, 7) is 1.63. The predicted molar refractivity (Wildman–Crippen MR) is 68.6 cm³/mol. The third kappa shape index (κ3) is 3.34. The smallest absolute Gasteiger partial charge is 0.352 e. The van der Waals surface area contributed by atoms with Gasteiger partial charge in [-0.05, 0) is 32.5 Å². The number of hydrogen-bond donors (Lipinski definition) is 3. The molecule has 1 aromatic rings. The summed E-state index contributed by atoms with van der Waals surface area (Å²) in [6.07, 6.45) is 2.93. The van der Waals surface area contributed by atoms with E-state index in [0.29, 0.717) is 6.54 Å². The second-order valence-corrected chi connectivity index (χ2v) is 6.49. The summed E-state index contributed by atoms with van der Waals surface area (Å²) in [7, 11) is -1.72. The van der Waals surface area contributed by atoms with Crippen LogP contribution >= 0.6 is 0 Å². The van der Waals surface area contributed by atoms with Crippen molar-refractivity contribution in [2.45, 2.75) is 23.8 Å². The van der Waals surface area contributed by atoms with E-state index in [1.807, 2.05) is 7.05 Å². The Bertz CT molecular complexity index is 566. The van der Waals surface area contributed by atoms with E-state index in [4.69, 9.17) is 5.11 Å². The number of rotatable bonds is 4. The molecule has 1 aliphatic rings. The van der Waals surface area contributed by atoms with Crippen molar-refractivity contribution in [3.05, 3.63) is 18.0 Å². The Morgan fingerprint density at radius 3 is 2.89 bits per heavy atom. The molecule has 1 saturated heterocycles. The molecule has 7 nitrogen and oxygen atoms in total. The van der Waals surface area contributed by atoms with Crippen molar-refractivity contribution in [1.82, 2.24) is 14.6 Å². The van der Waals surface area contributed by atoms with Crippen LogP contribution in [0.4, 0.5) is 0 Å². The highest BCUT2D eigenvalue weighted by Crippen LogP contribution is 2.14. The van der Waals surface area contributed by atoms with E-state index in [1.165, 1.54) is 6.20 Å². The fraction of sp³-hybridized carbons (Fsp3) is 0.545. The maximum Gasteiger partial charge on any atom is 0.352 e. The van der Waals surface area contributed by atoms with Crippen LogP contribution in [0.25, 0.3) is 0 Å². The average molecular weight is 287 g/mol. The summed E-state index contributed by atoms with van der Waals surface area (Å²) in [5.74, 6) is -1.18. The number of nitrogens with zero attached hydrogens (tertiary/aromatic N) is 1. The van der Waals surface area contributed by atoms with E-state index in [2.05, 4.69) is 14.6 Å². The molecule has 0 aliphatic carbocycles. The van der Waals surface area contributed by atoms with Gasteiger partial charge in [-0.1, -0.05) is 0 Å². The second kappa shape index (κ2) is 5.32. The number of likely N-dealkylation sites (N-methyl/N-ethyl adjacent to an activating group) is 1. The molecule has 1 fully saturated rings. The number of hydrogen-bond acceptors (Lipinski definition) is 4. The molecule has 1 aliphatic heterocycles. The molecular formula is C11H17N3O4S. The number of carbonyl (C=O) groups is 1. The molecule has 2 heterocycles. The summed E-state index contributed by atoms with van der Waals surface area (Å²) >= 11 is 0. The van der Waals surface area contributed by atoms with Crippen molar-refractivity contribution in [2.24, 2.45) is 0 Å². The summed E-state index contributed by atoms with van der Waals surface area (Å²) in [5, 5.41) is 8.77. The molecule has 3 N–H and O–H groups in total. The van der Waals surface area contributed by atoms with E-state index >= 15 is 0 Å². The molecule has 1 aromatic heterocycles. The van der Waals surface area contributed by atoms with Crippen LogP contribution in [-0.2, 0) is 10.0 Å². The number of sulfonamides is 1. The van der Waals surface area contributed by atoms with Gasteiger partial charge >= 0.3 is 5.97 Å². The van der Waals surface area contributed by atoms with Gasteiger partial charge in [0.1, 0.15) is 10.6 Å². The number of likely N-dealkylation sites (tertiary alicyclic amines) is 1. The SMILES string of the molecule is CN1CCCC(NS(=O)(=O)c2c[nH]c(C(=O)O)c2)C1. The lowest BCUT2D eigenvalue weighted by Gasteiger charge is -2.29. The topological polar surface area (TPSA) is 103 Å². The highest BCUT2D eigenvalue weighted by Gasteiger charge is 2.25. The number of carboxylic acids is 1. The number of nitrogens with one attached hydrogen (secondary N) is 2. The van der Waals surface area contributed by atoms with E-state index < -0.39 is 16.0 Å². The van der Waals surface area contributed by atoms with Crippen LogP contribution in [0.15, 0.2) is 17.2 Å². The van der Waals surface area contributed by atoms with Crippen LogP contribution in [0.5, 0.6) is 0 Å². The highest BCUT2D eigenvalue weighted by molar-refractivity contribution is 7.89. The van der Waals surface area contributed by atoms with Crippen molar-refractivity contribution in [3.8, 4) is 0 Å². The van der Waals surface area contributed by atoms with Gasteiger partial charge in [0, 0.05) is 18.8 Å². The minimum absolute atomic E-state index is 0.0434. The standard InChI is InChI=1S/C11H17N3O4S/c1-14-4-2-3-8(7-14)13-19(17,18)9-5-10(11(15)16)12-6-9/h5-6,8,12-13H,2-4,7H2,1H3,(H,15,16). The maximum absolute atomic E-state index is 12.1. The van der Waals surface area contributed by atoms with Gasteiger partial charge in [0.2, 0.25) is 10.0 Å². The Hall–Kier alpha value is -1.38. The Kier molecular flexibility index (Phi) is 3.93. The van der Waals surface area contributed by atoms with Gasteiger partial charge in [-0.15, -0.1) is 0 Å². The number of piperidine rings is 1. The Morgan fingerprint density at radius 1 is 1.58 bits per heavy atom. The van der Waals surface area contributed by atoms with Crippen LogP contribution in [-0.4, -0.2) is 55.6 Å². The fourth-order valence-electron chi connectivity index (χ4n) is 2.20. The lowest BCUT2D eigenvalue weighted by molar-refractivity contribution is 0.0691. The van der Waals surface area contributed by atoms with Crippen LogP contribution in [0.3, 0.4) is 0 Å². The Balaban J connectivity index is 2.10. The van der Waals surface area contributed by atoms with Crippen molar-refractivity contribution in [1.29, 1.82) is 0 Å². The first-order valence-electron chi connectivity index (χ1n) is 6.01. The summed E-state index contributed by atoms with van der Waals surface area (Å²) in [6, 6.07) is 0.990. The van der Waals surface area contributed by atoms with Crippen molar-refractivity contribution in [3.63, 3.8) is 0 Å². The van der Waals surface area contributed by atoms with Crippen LogP contribution in [0, 0.1) is 0 Å². The number of aromatic amines is 1. The first-order chi connectivity index (χ1) is 8.88. The van der Waals surface area contributed by atoms with E-state index in [1.54, 1.807) is 0 Å². The molecule has 0 radical (unpaired) electrons. The van der Waals surface area contributed by atoms with E-state index in [9.17, 15) is 13.2 Å². The van der Waals surface area contributed by atoms with Crippen LogP contribution in [0.2, 0.25) is 0 Å². The van der Waals surface area contributed by atoms with Gasteiger partial charge in [-0.2, -0.15) is 0 Å². The fourth-order valence-corrected chi connectivity index (χ4v) is 3.46. The Morgan fingerprint density at radius 2 is 2.32 bits per heavy atom. The summed E-state index contributed by atoms with van der Waals surface area (Å²) in [4.78, 5) is 15.2. The van der Waals surface area contributed by atoms with Gasteiger partial charge in [0.25, 0.3) is 0 Å². The minimum Gasteiger partial charge on any atom is -0.477 e. The molecule has 8 heteroatoms. The molecular weight excluding hydrogens is 270 g/mol. The van der Waals surface area contributed by atoms with Crippen molar-refractivity contribution in [2.75, 3.05) is 20.1 Å². The number of aromatic nitrogens is 1. The monoisotopic (exact) mass is 287 g/mol. The van der Waals surface area contributed by atoms with Gasteiger partial charge in [-0.3, -0.25) is 0 Å². The molecule has 0 bridgehead atoms. The van der Waals surface area contributed by atoms with Crippen LogP contribution < -0.4 is 4.72 Å². The van der Waals surface area contributed by atoms with Crippen molar-refractivity contribution < 1.29 is 18.3 Å². The molecule has 19 heavy (non-hydrogen) atoms. The predicted octanol–water partition coefficient (Wildman–Crippen LogP) is 0.0854. The summed E-state index contributed by atoms with van der Waals surface area (Å²) < 4.78 is 26.8. The Labute approximate surface area is 111 Å². The quantitative estimate of drug-likeness (QED) is 0.728. The maximum atomic E-state index is 12.1. The second-order valence-electron chi connectivity index (χ2n) is 4.78. The number of carboxylic acid groups (broad SMARTS) is 1. The largest absolute Gasteiger partial charge is 0.477 e. The first kappa shape index (κ1) is 14.0. The lowest BCUT2D eigenvalue weighted by atomic mass is 10.1. The third-order valence-electron chi connectivity index (χ3n) is 3.14. The summed E-state index contributed by atoms with van der Waals surface area (Å²) in [5.41, 5.74) is -0.138. The number of aromatic carboxylic acids is 1. The van der Waals surface area contributed by atoms with Gasteiger partial charge < -0.3 is 15.0 Å². The molecule has 1 atom stereocenters. The van der Waals surface area contributed by atoms with E-state index in [-0.39, 0.29) is 16.6 Å². The molecule has 2 rings (SSSR count). The lowest BCUT2D eigenvalue weighted by Crippen LogP contribution is -2.46. The van der Waals surface area contributed by atoms with Gasteiger partial charge in [0.05, 0.1) is 0 Å². The zero-order valence-electron chi connectivity index (χ0n) is 10.6. The first-order valence-corrected chi connectivity index (χ1v) is 7.49. The van der Waals surface area contributed by atoms with Gasteiger partial charge in [-0.25, -0.2) is 17.9 Å². The van der Waals surface area contributed by atoms with Gasteiger partial charge in [0.15, 0.2) is 0 Å². The van der Waals surface area contributed by atoms with Crippen molar-refractivity contribution >= 4 is 16.0 Å². The molecule has 106 valence electrons. The molecule has 0 saturated carbocycles. The average Bonchev–Trinajstić information content (AvgIpc) is 2.78. The normalized spacial score (nSPS) is 21.4. The zero-order chi connectivity index (χ0) is 14.0. The highest BCUT2D eigenvalue weighted by atomic mass is 32.2. The molecule has 0 spiro atoms. The minimum atomic E-state index is -3.67. The van der Waals surface area contributed by atoms with E-state index in [0.717, 1.165) is 25.5 Å². The van der Waals surface area contributed by atoms with Crippen LogP contribution in [0.1, 0.15) is 23.3 Å². The zero-order valence-corrected chi connectivity index (χ0v) is 11.4.